The maximum atomic E-state index is 6.00. The molecular formula is C18H24OP+. The molecule has 0 aliphatic carbocycles. The number of hydrogen-bond acceptors (Lipinski definition) is 1. The van der Waals surface area contributed by atoms with Crippen LogP contribution < -0.4 is 10.6 Å². The lowest BCUT2D eigenvalue weighted by molar-refractivity contribution is 0.175. The van der Waals surface area contributed by atoms with Crippen molar-refractivity contribution in [2.75, 3.05) is 19.6 Å². The molecule has 0 N–H and O–H groups in total. The average Bonchev–Trinajstić information content (AvgIpc) is 2.53. The zero-order valence-electron chi connectivity index (χ0n) is 12.5. The first kappa shape index (κ1) is 15.2. The summed E-state index contributed by atoms with van der Waals surface area (Å²) in [7, 11) is -1.44. The molecule has 0 bridgehead atoms. The average molecular weight is 287 g/mol. The zero-order valence-corrected chi connectivity index (χ0v) is 13.4. The summed E-state index contributed by atoms with van der Waals surface area (Å²) in [5, 5.41) is 2.84. The Morgan fingerprint density at radius 2 is 1.35 bits per heavy atom. The zero-order chi connectivity index (χ0) is 14.3. The van der Waals surface area contributed by atoms with E-state index in [0.717, 1.165) is 19.4 Å². The van der Waals surface area contributed by atoms with E-state index in [2.05, 4.69) is 74.3 Å². The van der Waals surface area contributed by atoms with Crippen LogP contribution in [-0.4, -0.2) is 19.6 Å². The number of hydrogen-bond donors (Lipinski definition) is 0. The Morgan fingerprint density at radius 3 is 1.80 bits per heavy atom. The molecule has 2 aromatic carbocycles. The molecule has 0 amide bonds. The Hall–Kier alpha value is -1.17. The van der Waals surface area contributed by atoms with Gasteiger partial charge < -0.3 is 4.74 Å². The number of rotatable bonds is 7. The second-order valence-corrected chi connectivity index (χ2v) is 8.93. The van der Waals surface area contributed by atoms with Gasteiger partial charge in [0.1, 0.15) is 17.9 Å². The van der Waals surface area contributed by atoms with E-state index >= 15 is 0 Å². The molecule has 0 unspecified atom stereocenters. The van der Waals surface area contributed by atoms with E-state index in [9.17, 15) is 0 Å². The highest BCUT2D eigenvalue weighted by Gasteiger charge is 2.37. The van der Waals surface area contributed by atoms with Crippen molar-refractivity contribution in [2.24, 2.45) is 0 Å². The first-order valence-corrected chi connectivity index (χ1v) is 9.74. The molecular weight excluding hydrogens is 263 g/mol. The Kier molecular flexibility index (Phi) is 5.76. The van der Waals surface area contributed by atoms with Crippen LogP contribution in [0.2, 0.25) is 0 Å². The smallest absolute Gasteiger partial charge is 0.166 e. The Labute approximate surface area is 123 Å². The van der Waals surface area contributed by atoms with Gasteiger partial charge in [0.25, 0.3) is 0 Å². The van der Waals surface area contributed by atoms with E-state index in [0.29, 0.717) is 0 Å². The van der Waals surface area contributed by atoms with Crippen molar-refractivity contribution in [1.29, 1.82) is 0 Å². The topological polar surface area (TPSA) is 9.23 Å². The second kappa shape index (κ2) is 7.57. The maximum Gasteiger partial charge on any atom is 0.166 e. The van der Waals surface area contributed by atoms with Crippen LogP contribution in [0, 0.1) is 0 Å². The molecule has 20 heavy (non-hydrogen) atoms. The Bertz CT molecular complexity index is 456. The van der Waals surface area contributed by atoms with E-state index in [-0.39, 0.29) is 0 Å². The first-order chi connectivity index (χ1) is 9.77. The molecule has 2 rings (SSSR count). The van der Waals surface area contributed by atoms with Crippen LogP contribution in [0.5, 0.6) is 0 Å². The lowest BCUT2D eigenvalue weighted by atomic mass is 10.4. The van der Waals surface area contributed by atoms with Gasteiger partial charge >= 0.3 is 0 Å². The van der Waals surface area contributed by atoms with E-state index in [4.69, 9.17) is 4.74 Å². The summed E-state index contributed by atoms with van der Waals surface area (Å²) in [6.07, 6.45) is 3.16. The molecule has 0 saturated carbocycles. The Morgan fingerprint density at radius 1 is 0.850 bits per heavy atom. The van der Waals surface area contributed by atoms with Crippen LogP contribution in [-0.2, 0) is 4.74 Å². The minimum atomic E-state index is -1.44. The summed E-state index contributed by atoms with van der Waals surface area (Å²) in [5.74, 6) is 0. The molecule has 0 aliphatic heterocycles. The molecule has 0 spiro atoms. The molecule has 106 valence electrons. The van der Waals surface area contributed by atoms with Gasteiger partial charge in [0.15, 0.2) is 6.35 Å². The van der Waals surface area contributed by atoms with Crippen molar-refractivity contribution >= 4 is 17.9 Å². The minimum absolute atomic E-state index is 0.834. The lowest BCUT2D eigenvalue weighted by Crippen LogP contribution is -2.25. The van der Waals surface area contributed by atoms with Gasteiger partial charge in [-0.15, -0.1) is 0 Å². The number of unbranched alkanes of at least 4 members (excludes halogenated alkanes) is 1. The highest BCUT2D eigenvalue weighted by molar-refractivity contribution is 7.88. The molecule has 0 radical (unpaired) electrons. The van der Waals surface area contributed by atoms with Crippen molar-refractivity contribution in [3.63, 3.8) is 0 Å². The molecule has 0 fully saturated rings. The fourth-order valence-electron chi connectivity index (χ4n) is 2.31. The summed E-state index contributed by atoms with van der Waals surface area (Å²) >= 11 is 0. The SMILES string of the molecule is CCCCOC[P+](C)(c1ccccc1)c1ccccc1. The van der Waals surface area contributed by atoms with E-state index in [1.54, 1.807) is 0 Å². The molecule has 0 heterocycles. The van der Waals surface area contributed by atoms with Crippen molar-refractivity contribution in [3.05, 3.63) is 60.7 Å². The Balaban J connectivity index is 2.24. The standard InChI is InChI=1S/C18H24OP/c1-3-4-15-19-16-20(2,17-11-7-5-8-12-17)18-13-9-6-10-14-18/h5-14H,3-4,15-16H2,1-2H3/q+1. The number of benzene rings is 2. The first-order valence-electron chi connectivity index (χ1n) is 7.32. The van der Waals surface area contributed by atoms with Crippen LogP contribution in [0.15, 0.2) is 60.7 Å². The summed E-state index contributed by atoms with van der Waals surface area (Å²) in [6.45, 7) is 5.45. The summed E-state index contributed by atoms with van der Waals surface area (Å²) in [5.41, 5.74) is 0. The maximum absolute atomic E-state index is 6.00. The highest BCUT2D eigenvalue weighted by atomic mass is 31.2. The largest absolute Gasteiger partial charge is 0.346 e. The van der Waals surface area contributed by atoms with Crippen molar-refractivity contribution < 1.29 is 4.74 Å². The van der Waals surface area contributed by atoms with Gasteiger partial charge in [-0.3, -0.25) is 0 Å². The minimum Gasteiger partial charge on any atom is -0.346 e. The van der Waals surface area contributed by atoms with Crippen LogP contribution in [0.25, 0.3) is 0 Å². The van der Waals surface area contributed by atoms with Crippen LogP contribution in [0.1, 0.15) is 19.8 Å². The van der Waals surface area contributed by atoms with Gasteiger partial charge in [-0.2, -0.15) is 0 Å². The predicted octanol–water partition coefficient (Wildman–Crippen LogP) is 4.06. The normalized spacial score (nSPS) is 11.5. The van der Waals surface area contributed by atoms with Crippen molar-refractivity contribution in [3.8, 4) is 0 Å². The summed E-state index contributed by atoms with van der Waals surface area (Å²) in [6, 6.07) is 21.6. The molecule has 0 saturated heterocycles. The predicted molar refractivity (Wildman–Crippen MR) is 90.7 cm³/mol. The summed E-state index contributed by atoms with van der Waals surface area (Å²) in [4.78, 5) is 0. The van der Waals surface area contributed by atoms with Gasteiger partial charge in [0.05, 0.1) is 13.3 Å². The summed E-state index contributed by atoms with van der Waals surface area (Å²) < 4.78 is 6.00. The molecule has 2 heteroatoms. The molecule has 1 nitrogen and oxygen atoms in total. The highest BCUT2D eigenvalue weighted by Crippen LogP contribution is 2.52. The van der Waals surface area contributed by atoms with E-state index in [1.165, 1.54) is 17.0 Å². The quantitative estimate of drug-likeness (QED) is 0.551. The van der Waals surface area contributed by atoms with Crippen LogP contribution in [0.3, 0.4) is 0 Å². The van der Waals surface area contributed by atoms with E-state index < -0.39 is 7.26 Å². The van der Waals surface area contributed by atoms with Crippen molar-refractivity contribution in [2.45, 2.75) is 19.8 Å². The van der Waals surface area contributed by atoms with Crippen LogP contribution >= 0.6 is 7.26 Å². The van der Waals surface area contributed by atoms with Crippen LogP contribution in [0.4, 0.5) is 0 Å². The third kappa shape index (κ3) is 3.69. The fraction of sp³-hybridized carbons (Fsp3) is 0.333. The third-order valence-electron chi connectivity index (χ3n) is 3.64. The molecule has 0 aromatic heterocycles. The monoisotopic (exact) mass is 287 g/mol. The third-order valence-corrected chi connectivity index (χ3v) is 7.22. The van der Waals surface area contributed by atoms with Gasteiger partial charge in [-0.05, 0) is 30.7 Å². The number of ether oxygens (including phenoxy) is 1. The van der Waals surface area contributed by atoms with Crippen molar-refractivity contribution in [1.82, 2.24) is 0 Å². The van der Waals surface area contributed by atoms with E-state index in [1.807, 2.05) is 0 Å². The molecule has 0 atom stereocenters. The van der Waals surface area contributed by atoms with Gasteiger partial charge in [0.2, 0.25) is 0 Å². The van der Waals surface area contributed by atoms with Gasteiger partial charge in [-0.25, -0.2) is 0 Å². The lowest BCUT2D eigenvalue weighted by Gasteiger charge is -2.22. The molecule has 2 aromatic rings. The van der Waals surface area contributed by atoms with Gasteiger partial charge in [0, 0.05) is 0 Å². The second-order valence-electron chi connectivity index (χ2n) is 5.25. The van der Waals surface area contributed by atoms with Gasteiger partial charge in [-0.1, -0.05) is 49.7 Å². The molecule has 0 aliphatic rings. The fourth-order valence-corrected chi connectivity index (χ4v) is 5.06.